The first-order valence-corrected chi connectivity index (χ1v) is 6.96. The van der Waals surface area contributed by atoms with Crippen LogP contribution in [-0.2, 0) is 11.3 Å². The van der Waals surface area contributed by atoms with Crippen molar-refractivity contribution in [2.75, 3.05) is 6.61 Å². The molecule has 0 amide bonds. The SMILES string of the molecule is CC1(C)CC(NCc2ccc(OC(F)(F)F)cc2)CCO1. The van der Waals surface area contributed by atoms with E-state index >= 15 is 0 Å². The molecule has 3 nitrogen and oxygen atoms in total. The third-order valence-electron chi connectivity index (χ3n) is 3.45. The predicted octanol–water partition coefficient (Wildman–Crippen LogP) is 3.63. The lowest BCUT2D eigenvalue weighted by Gasteiger charge is -2.36. The fraction of sp³-hybridized carbons (Fsp3) is 0.600. The zero-order valence-electron chi connectivity index (χ0n) is 12.2. The minimum absolute atomic E-state index is 0.125. The fourth-order valence-corrected chi connectivity index (χ4v) is 2.48. The highest BCUT2D eigenvalue weighted by molar-refractivity contribution is 5.27. The van der Waals surface area contributed by atoms with E-state index in [0.29, 0.717) is 12.6 Å². The molecule has 1 unspecified atom stereocenters. The van der Waals surface area contributed by atoms with Crippen molar-refractivity contribution in [3.8, 4) is 5.75 Å². The minimum Gasteiger partial charge on any atom is -0.406 e. The Balaban J connectivity index is 1.83. The molecule has 0 aromatic heterocycles. The number of hydrogen-bond acceptors (Lipinski definition) is 3. The highest BCUT2D eigenvalue weighted by Crippen LogP contribution is 2.25. The summed E-state index contributed by atoms with van der Waals surface area (Å²) in [5, 5.41) is 3.42. The topological polar surface area (TPSA) is 30.5 Å². The van der Waals surface area contributed by atoms with Gasteiger partial charge in [0.2, 0.25) is 0 Å². The summed E-state index contributed by atoms with van der Waals surface area (Å²) in [6.45, 7) is 5.46. The number of ether oxygens (including phenoxy) is 2. The molecule has 0 bridgehead atoms. The minimum atomic E-state index is -4.65. The van der Waals surface area contributed by atoms with E-state index in [2.05, 4.69) is 23.9 Å². The number of halogens is 3. The van der Waals surface area contributed by atoms with Crippen LogP contribution in [0.2, 0.25) is 0 Å². The Morgan fingerprint density at radius 2 is 1.95 bits per heavy atom. The Labute approximate surface area is 122 Å². The van der Waals surface area contributed by atoms with Gasteiger partial charge in [-0.1, -0.05) is 12.1 Å². The van der Waals surface area contributed by atoms with Crippen LogP contribution in [0.4, 0.5) is 13.2 Å². The van der Waals surface area contributed by atoms with Gasteiger partial charge >= 0.3 is 6.36 Å². The van der Waals surface area contributed by atoms with Gasteiger partial charge in [0, 0.05) is 19.2 Å². The maximum absolute atomic E-state index is 12.1. The average molecular weight is 303 g/mol. The summed E-state index contributed by atoms with van der Waals surface area (Å²) in [5.41, 5.74) is 0.800. The Morgan fingerprint density at radius 3 is 2.52 bits per heavy atom. The number of alkyl halides is 3. The first-order valence-electron chi connectivity index (χ1n) is 6.96. The van der Waals surface area contributed by atoms with Gasteiger partial charge in [-0.25, -0.2) is 0 Å². The van der Waals surface area contributed by atoms with Crippen LogP contribution < -0.4 is 10.1 Å². The summed E-state index contributed by atoms with van der Waals surface area (Å²) < 4.78 is 45.7. The molecule has 0 saturated carbocycles. The van der Waals surface area contributed by atoms with Crippen LogP contribution in [0.1, 0.15) is 32.3 Å². The molecule has 1 fully saturated rings. The lowest BCUT2D eigenvalue weighted by molar-refractivity contribution is -0.274. The third kappa shape index (κ3) is 5.55. The van der Waals surface area contributed by atoms with Gasteiger partial charge in [-0.15, -0.1) is 13.2 Å². The second kappa shape index (κ2) is 6.23. The molecule has 0 aliphatic carbocycles. The lowest BCUT2D eigenvalue weighted by Crippen LogP contribution is -2.43. The van der Waals surface area contributed by atoms with Gasteiger partial charge in [-0.3, -0.25) is 0 Å². The Kier molecular flexibility index (Phi) is 4.78. The molecular formula is C15H20F3NO2. The first-order chi connectivity index (χ1) is 9.73. The smallest absolute Gasteiger partial charge is 0.406 e. The van der Waals surface area contributed by atoms with Crippen molar-refractivity contribution in [1.29, 1.82) is 0 Å². The van der Waals surface area contributed by atoms with Crippen molar-refractivity contribution >= 4 is 0 Å². The van der Waals surface area contributed by atoms with Crippen LogP contribution in [0.15, 0.2) is 24.3 Å². The highest BCUT2D eigenvalue weighted by atomic mass is 19.4. The summed E-state index contributed by atoms with van der Waals surface area (Å²) in [7, 11) is 0. The quantitative estimate of drug-likeness (QED) is 0.921. The highest BCUT2D eigenvalue weighted by Gasteiger charge is 2.31. The Morgan fingerprint density at radius 1 is 1.29 bits per heavy atom. The van der Waals surface area contributed by atoms with Crippen molar-refractivity contribution in [2.45, 2.75) is 51.2 Å². The molecule has 1 heterocycles. The van der Waals surface area contributed by atoms with E-state index < -0.39 is 6.36 Å². The zero-order chi connectivity index (χ0) is 15.5. The number of rotatable bonds is 4. The third-order valence-corrected chi connectivity index (χ3v) is 3.45. The van der Waals surface area contributed by atoms with Crippen molar-refractivity contribution in [3.63, 3.8) is 0 Å². The number of nitrogens with one attached hydrogen (secondary N) is 1. The van der Waals surface area contributed by atoms with Gasteiger partial charge in [0.25, 0.3) is 0 Å². The normalized spacial score (nSPS) is 22.0. The van der Waals surface area contributed by atoms with Gasteiger partial charge in [0.15, 0.2) is 0 Å². The molecule has 1 N–H and O–H groups in total. The maximum Gasteiger partial charge on any atom is 0.573 e. The van der Waals surface area contributed by atoms with E-state index in [1.54, 1.807) is 12.1 Å². The van der Waals surface area contributed by atoms with Gasteiger partial charge in [-0.05, 0) is 44.4 Å². The van der Waals surface area contributed by atoms with Crippen molar-refractivity contribution in [3.05, 3.63) is 29.8 Å². The summed E-state index contributed by atoms with van der Waals surface area (Å²) in [4.78, 5) is 0. The summed E-state index contributed by atoms with van der Waals surface area (Å²) >= 11 is 0. The maximum atomic E-state index is 12.1. The van der Waals surface area contributed by atoms with Crippen LogP contribution in [0.25, 0.3) is 0 Å². The molecule has 1 atom stereocenters. The van der Waals surface area contributed by atoms with Gasteiger partial charge < -0.3 is 14.8 Å². The van der Waals surface area contributed by atoms with Crippen molar-refractivity contribution < 1.29 is 22.6 Å². The average Bonchev–Trinajstić information content (AvgIpc) is 2.35. The van der Waals surface area contributed by atoms with E-state index in [4.69, 9.17) is 4.74 Å². The molecule has 1 aliphatic rings. The molecule has 0 radical (unpaired) electrons. The molecule has 2 rings (SSSR count). The van der Waals surface area contributed by atoms with Crippen molar-refractivity contribution in [2.24, 2.45) is 0 Å². The molecule has 1 aromatic rings. The number of hydrogen-bond donors (Lipinski definition) is 1. The molecule has 1 saturated heterocycles. The van der Waals surface area contributed by atoms with Crippen LogP contribution in [0.3, 0.4) is 0 Å². The molecule has 1 aromatic carbocycles. The van der Waals surface area contributed by atoms with Gasteiger partial charge in [0.1, 0.15) is 5.75 Å². The van der Waals surface area contributed by atoms with Crippen LogP contribution in [0, 0.1) is 0 Å². The van der Waals surface area contributed by atoms with Crippen LogP contribution in [0.5, 0.6) is 5.75 Å². The van der Waals surface area contributed by atoms with Gasteiger partial charge in [-0.2, -0.15) is 0 Å². The molecule has 6 heteroatoms. The Hall–Kier alpha value is -1.27. The summed E-state index contributed by atoms with van der Waals surface area (Å²) in [5.74, 6) is -0.196. The monoisotopic (exact) mass is 303 g/mol. The van der Waals surface area contributed by atoms with E-state index in [1.165, 1.54) is 12.1 Å². The Bertz CT molecular complexity index is 457. The van der Waals surface area contributed by atoms with Crippen LogP contribution >= 0.6 is 0 Å². The molecule has 0 spiro atoms. The molecule has 1 aliphatic heterocycles. The van der Waals surface area contributed by atoms with E-state index in [9.17, 15) is 13.2 Å². The zero-order valence-corrected chi connectivity index (χ0v) is 12.2. The largest absolute Gasteiger partial charge is 0.573 e. The standard InChI is InChI=1S/C15H20F3NO2/c1-14(2)9-12(7-8-20-14)19-10-11-3-5-13(6-4-11)21-15(16,17)18/h3-6,12,19H,7-10H2,1-2H3. The molecule has 118 valence electrons. The second-order valence-electron chi connectivity index (χ2n) is 5.87. The molecular weight excluding hydrogens is 283 g/mol. The van der Waals surface area contributed by atoms with Crippen molar-refractivity contribution in [1.82, 2.24) is 5.32 Å². The van der Waals surface area contributed by atoms with Crippen LogP contribution in [-0.4, -0.2) is 24.6 Å². The lowest BCUT2D eigenvalue weighted by atomic mass is 9.94. The fourth-order valence-electron chi connectivity index (χ4n) is 2.48. The van der Waals surface area contributed by atoms with E-state index in [0.717, 1.165) is 25.0 Å². The predicted molar refractivity (Wildman–Crippen MR) is 73.0 cm³/mol. The van der Waals surface area contributed by atoms with E-state index in [-0.39, 0.29) is 11.4 Å². The molecule has 21 heavy (non-hydrogen) atoms. The second-order valence-corrected chi connectivity index (χ2v) is 5.87. The summed E-state index contributed by atoms with van der Waals surface area (Å²) in [6.07, 6.45) is -2.78. The van der Waals surface area contributed by atoms with Gasteiger partial charge in [0.05, 0.1) is 5.60 Å². The van der Waals surface area contributed by atoms with E-state index in [1.807, 2.05) is 0 Å². The number of benzene rings is 1. The summed E-state index contributed by atoms with van der Waals surface area (Å²) in [6, 6.07) is 6.30. The first kappa shape index (κ1) is 16.1.